The zero-order valence-corrected chi connectivity index (χ0v) is 8.44. The second-order valence-electron chi connectivity index (χ2n) is 3.23. The highest BCUT2D eigenvalue weighted by molar-refractivity contribution is 8.14. The summed E-state index contributed by atoms with van der Waals surface area (Å²) in [6, 6.07) is 1.94. The number of aliphatic imine (C=N–C) groups is 1. The highest BCUT2D eigenvalue weighted by Crippen LogP contribution is 2.15. The molecule has 4 nitrogen and oxygen atoms in total. The first-order valence-corrected chi connectivity index (χ1v) is 4.95. The fourth-order valence-electron chi connectivity index (χ4n) is 0.715. The van der Waals surface area contributed by atoms with Gasteiger partial charge >= 0.3 is 0 Å². The van der Waals surface area contributed by atoms with Crippen molar-refractivity contribution in [2.24, 2.45) is 10.4 Å². The average molecular weight is 197 g/mol. The van der Waals surface area contributed by atoms with Gasteiger partial charge in [0.15, 0.2) is 5.17 Å². The zero-order chi connectivity index (χ0) is 9.90. The van der Waals surface area contributed by atoms with Gasteiger partial charge in [-0.25, -0.2) is 0 Å². The van der Waals surface area contributed by atoms with Crippen LogP contribution in [-0.4, -0.2) is 23.4 Å². The van der Waals surface area contributed by atoms with Gasteiger partial charge < -0.3 is 5.32 Å². The van der Waals surface area contributed by atoms with Crippen LogP contribution in [-0.2, 0) is 4.79 Å². The van der Waals surface area contributed by atoms with Crippen LogP contribution in [0.2, 0.25) is 0 Å². The second kappa shape index (κ2) is 3.79. The molecule has 5 heteroatoms. The molecule has 1 N–H and O–H groups in total. The van der Waals surface area contributed by atoms with Crippen molar-refractivity contribution >= 4 is 22.8 Å². The minimum Gasteiger partial charge on any atom is -0.304 e. The minimum absolute atomic E-state index is 0.289. The van der Waals surface area contributed by atoms with Gasteiger partial charge in [0, 0.05) is 5.75 Å². The molecule has 0 aromatic heterocycles. The van der Waals surface area contributed by atoms with Gasteiger partial charge in [0.1, 0.15) is 5.41 Å². The van der Waals surface area contributed by atoms with Gasteiger partial charge in [-0.05, 0) is 13.8 Å². The van der Waals surface area contributed by atoms with Crippen LogP contribution in [0, 0.1) is 16.7 Å². The third kappa shape index (κ3) is 2.46. The van der Waals surface area contributed by atoms with E-state index in [4.69, 9.17) is 5.26 Å². The molecule has 0 radical (unpaired) electrons. The first kappa shape index (κ1) is 10.1. The Labute approximate surface area is 81.4 Å². The maximum atomic E-state index is 11.4. The van der Waals surface area contributed by atoms with Gasteiger partial charge in [-0.15, -0.1) is 0 Å². The van der Waals surface area contributed by atoms with Crippen LogP contribution >= 0.6 is 11.8 Å². The first-order chi connectivity index (χ1) is 6.06. The lowest BCUT2D eigenvalue weighted by Crippen LogP contribution is -2.38. The Hall–Kier alpha value is -1.02. The summed E-state index contributed by atoms with van der Waals surface area (Å²) in [5.74, 6) is 0.617. The third-order valence-corrected chi connectivity index (χ3v) is 2.54. The summed E-state index contributed by atoms with van der Waals surface area (Å²) in [6.07, 6.45) is 0. The van der Waals surface area contributed by atoms with Gasteiger partial charge in [-0.2, -0.15) is 5.26 Å². The van der Waals surface area contributed by atoms with Crippen LogP contribution in [0.25, 0.3) is 0 Å². The molecule has 0 bridgehead atoms. The van der Waals surface area contributed by atoms with E-state index < -0.39 is 5.41 Å². The predicted octanol–water partition coefficient (Wildman–Crippen LogP) is 0.755. The summed E-state index contributed by atoms with van der Waals surface area (Å²) in [6.45, 7) is 3.91. The molecule has 13 heavy (non-hydrogen) atoms. The fraction of sp³-hybridized carbons (Fsp3) is 0.625. The van der Waals surface area contributed by atoms with Crippen LogP contribution in [0.4, 0.5) is 0 Å². The molecule has 0 atom stereocenters. The number of nitrogens with one attached hydrogen (secondary N) is 1. The molecule has 1 heterocycles. The maximum absolute atomic E-state index is 11.4. The molecule has 1 amide bonds. The van der Waals surface area contributed by atoms with Crippen molar-refractivity contribution in [3.8, 4) is 6.07 Å². The predicted molar refractivity (Wildman–Crippen MR) is 52.3 cm³/mol. The molecule has 0 unspecified atom stereocenters. The van der Waals surface area contributed by atoms with E-state index in [0.29, 0.717) is 5.17 Å². The van der Waals surface area contributed by atoms with Gasteiger partial charge in [-0.1, -0.05) is 11.8 Å². The Morgan fingerprint density at radius 3 is 2.92 bits per heavy atom. The van der Waals surface area contributed by atoms with Crippen molar-refractivity contribution in [2.75, 3.05) is 12.3 Å². The fourth-order valence-corrected chi connectivity index (χ4v) is 1.44. The molecule has 0 fully saturated rings. The normalized spacial score (nSPS) is 16.2. The summed E-state index contributed by atoms with van der Waals surface area (Å²) >= 11 is 1.51. The van der Waals surface area contributed by atoms with Crippen molar-refractivity contribution in [1.82, 2.24) is 5.32 Å². The first-order valence-electron chi connectivity index (χ1n) is 3.96. The maximum Gasteiger partial charge on any atom is 0.245 e. The Morgan fingerprint density at radius 1 is 1.77 bits per heavy atom. The molecular weight excluding hydrogens is 186 g/mol. The Balaban J connectivity index is 2.56. The van der Waals surface area contributed by atoms with Crippen molar-refractivity contribution in [2.45, 2.75) is 13.8 Å². The van der Waals surface area contributed by atoms with E-state index in [1.807, 2.05) is 6.07 Å². The number of nitrogens with zero attached hydrogens (tertiary/aromatic N) is 2. The molecule has 0 aromatic rings. The van der Waals surface area contributed by atoms with Crippen molar-refractivity contribution in [3.05, 3.63) is 0 Å². The molecular formula is C8H11N3OS. The standard InChI is InChI=1S/C8H11N3OS/c1-8(2,5-9)6(12)11-7-10-3-4-13-7/h3-4H2,1-2H3,(H,10,11,12). The number of amides is 1. The number of rotatable bonds is 1. The van der Waals surface area contributed by atoms with E-state index in [1.54, 1.807) is 13.8 Å². The lowest BCUT2D eigenvalue weighted by atomic mass is 9.95. The molecule has 70 valence electrons. The summed E-state index contributed by atoms with van der Waals surface area (Å²) in [4.78, 5) is 15.5. The number of hydrogen-bond acceptors (Lipinski definition) is 4. The molecule has 0 saturated carbocycles. The summed E-state index contributed by atoms with van der Waals surface area (Å²) in [5, 5.41) is 11.9. The minimum atomic E-state index is -0.980. The Morgan fingerprint density at radius 2 is 2.46 bits per heavy atom. The molecule has 1 aliphatic heterocycles. The number of hydrogen-bond donors (Lipinski definition) is 1. The van der Waals surface area contributed by atoms with E-state index in [-0.39, 0.29) is 5.91 Å². The van der Waals surface area contributed by atoms with E-state index in [0.717, 1.165) is 12.3 Å². The third-order valence-electron chi connectivity index (χ3n) is 1.65. The molecule has 1 aliphatic rings. The van der Waals surface area contributed by atoms with Gasteiger partial charge in [0.2, 0.25) is 5.91 Å². The van der Waals surface area contributed by atoms with E-state index in [9.17, 15) is 4.79 Å². The van der Waals surface area contributed by atoms with Crippen molar-refractivity contribution in [1.29, 1.82) is 5.26 Å². The van der Waals surface area contributed by atoms with Crippen LogP contribution < -0.4 is 5.32 Å². The zero-order valence-electron chi connectivity index (χ0n) is 7.63. The summed E-state index contributed by atoms with van der Waals surface area (Å²) in [7, 11) is 0. The highest BCUT2D eigenvalue weighted by Gasteiger charge is 2.28. The van der Waals surface area contributed by atoms with Crippen molar-refractivity contribution in [3.63, 3.8) is 0 Å². The van der Waals surface area contributed by atoms with E-state index >= 15 is 0 Å². The number of nitriles is 1. The van der Waals surface area contributed by atoms with Crippen LogP contribution in [0.1, 0.15) is 13.8 Å². The molecule has 0 aromatic carbocycles. The quantitative estimate of drug-likeness (QED) is 0.674. The topological polar surface area (TPSA) is 65.2 Å². The van der Waals surface area contributed by atoms with E-state index in [1.165, 1.54) is 11.8 Å². The number of thioether (sulfide) groups is 1. The van der Waals surface area contributed by atoms with E-state index in [2.05, 4.69) is 10.3 Å². The second-order valence-corrected chi connectivity index (χ2v) is 4.31. The molecule has 0 saturated heterocycles. The van der Waals surface area contributed by atoms with Crippen molar-refractivity contribution < 1.29 is 4.79 Å². The van der Waals surface area contributed by atoms with Gasteiger partial charge in [0.05, 0.1) is 12.6 Å². The largest absolute Gasteiger partial charge is 0.304 e. The summed E-state index contributed by atoms with van der Waals surface area (Å²) < 4.78 is 0. The van der Waals surface area contributed by atoms with Gasteiger partial charge in [-0.3, -0.25) is 9.79 Å². The van der Waals surface area contributed by atoms with Crippen LogP contribution in [0.3, 0.4) is 0 Å². The van der Waals surface area contributed by atoms with Crippen LogP contribution in [0.15, 0.2) is 4.99 Å². The number of carbonyl (C=O) groups is 1. The number of amidine groups is 1. The molecule has 0 spiro atoms. The summed E-state index contributed by atoms with van der Waals surface area (Å²) in [5.41, 5.74) is -0.980. The monoisotopic (exact) mass is 197 g/mol. The Bertz CT molecular complexity index is 290. The molecule has 0 aliphatic carbocycles. The van der Waals surface area contributed by atoms with Gasteiger partial charge in [0.25, 0.3) is 0 Å². The lowest BCUT2D eigenvalue weighted by molar-refractivity contribution is -0.125. The lowest BCUT2D eigenvalue weighted by Gasteiger charge is -2.13. The Kier molecular flexibility index (Phi) is 2.94. The van der Waals surface area contributed by atoms with Crippen LogP contribution in [0.5, 0.6) is 0 Å². The SMILES string of the molecule is CC(C)(C#N)C(=O)NC1=NCCS1. The smallest absolute Gasteiger partial charge is 0.245 e. The molecule has 1 rings (SSSR count). The highest BCUT2D eigenvalue weighted by atomic mass is 32.2. The number of carbonyl (C=O) groups excluding carboxylic acids is 1. The average Bonchev–Trinajstić information content (AvgIpc) is 2.57.